The Balaban J connectivity index is 1.56. The lowest BCUT2D eigenvalue weighted by molar-refractivity contribution is -0.112. The lowest BCUT2D eigenvalue weighted by Crippen LogP contribution is -2.14. The van der Waals surface area contributed by atoms with Crippen LogP contribution in [0, 0.1) is 17.1 Å². The van der Waals surface area contributed by atoms with E-state index in [-0.39, 0.29) is 11.3 Å². The predicted octanol–water partition coefficient (Wildman–Crippen LogP) is 6.87. The Hall–Kier alpha value is -3.95. The monoisotopic (exact) mass is 500 g/mol. The van der Waals surface area contributed by atoms with E-state index in [9.17, 15) is 14.4 Å². The molecule has 6 heteroatoms. The van der Waals surface area contributed by atoms with Gasteiger partial charge in [0.05, 0.1) is 5.69 Å². The Morgan fingerprint density at radius 2 is 1.79 bits per heavy atom. The second kappa shape index (κ2) is 10.1. The molecule has 0 saturated carbocycles. The van der Waals surface area contributed by atoms with Gasteiger partial charge in [-0.25, -0.2) is 4.39 Å². The molecule has 0 unspecified atom stereocenters. The first kappa shape index (κ1) is 22.3. The van der Waals surface area contributed by atoms with Gasteiger partial charge >= 0.3 is 0 Å². The molecule has 0 bridgehead atoms. The lowest BCUT2D eigenvalue weighted by Gasteiger charge is -2.12. The fourth-order valence-corrected chi connectivity index (χ4v) is 3.72. The first-order chi connectivity index (χ1) is 16.0. The van der Waals surface area contributed by atoms with E-state index in [1.807, 2.05) is 54.6 Å². The van der Waals surface area contributed by atoms with Gasteiger partial charge < -0.3 is 10.1 Å². The lowest BCUT2D eigenvalue weighted by atomic mass is 10.1. The van der Waals surface area contributed by atoms with Gasteiger partial charge in [-0.1, -0.05) is 76.6 Å². The normalized spacial score (nSPS) is 11.1. The number of nitriles is 1. The number of carbonyl (C=O) groups excluding carboxylic acids is 1. The molecule has 0 heterocycles. The number of hydrogen-bond acceptors (Lipinski definition) is 3. The van der Waals surface area contributed by atoms with Gasteiger partial charge in [0, 0.05) is 10.0 Å². The number of halogens is 2. The van der Waals surface area contributed by atoms with Crippen LogP contribution in [0.1, 0.15) is 11.1 Å². The van der Waals surface area contributed by atoms with E-state index in [0.29, 0.717) is 22.4 Å². The number of carbonyl (C=O) groups is 1. The molecule has 0 saturated heterocycles. The number of nitrogens with zero attached hydrogens (tertiary/aromatic N) is 1. The fourth-order valence-electron chi connectivity index (χ4n) is 3.39. The molecule has 0 radical (unpaired) electrons. The summed E-state index contributed by atoms with van der Waals surface area (Å²) in [4.78, 5) is 12.6. The van der Waals surface area contributed by atoms with Crippen LogP contribution in [0.2, 0.25) is 0 Å². The molecule has 0 aliphatic rings. The van der Waals surface area contributed by atoms with Crippen molar-refractivity contribution in [1.82, 2.24) is 0 Å². The van der Waals surface area contributed by atoms with E-state index < -0.39 is 11.7 Å². The van der Waals surface area contributed by atoms with Gasteiger partial charge in [0.25, 0.3) is 5.91 Å². The molecule has 1 amide bonds. The minimum Gasteiger partial charge on any atom is -0.488 e. The fraction of sp³-hybridized carbons (Fsp3) is 0.0370. The van der Waals surface area contributed by atoms with Crippen LogP contribution in [0.15, 0.2) is 95.0 Å². The highest BCUT2D eigenvalue weighted by atomic mass is 79.9. The van der Waals surface area contributed by atoms with Crippen molar-refractivity contribution in [3.8, 4) is 11.8 Å². The molecule has 0 spiro atoms. The molecule has 0 aliphatic heterocycles. The van der Waals surface area contributed by atoms with Gasteiger partial charge in [-0.15, -0.1) is 0 Å². The molecule has 0 fully saturated rings. The predicted molar refractivity (Wildman–Crippen MR) is 131 cm³/mol. The highest BCUT2D eigenvalue weighted by Crippen LogP contribution is 2.25. The summed E-state index contributed by atoms with van der Waals surface area (Å²) < 4.78 is 20.7. The van der Waals surface area contributed by atoms with E-state index >= 15 is 0 Å². The van der Waals surface area contributed by atoms with E-state index in [0.717, 1.165) is 16.3 Å². The van der Waals surface area contributed by atoms with Gasteiger partial charge in [0.2, 0.25) is 0 Å². The summed E-state index contributed by atoms with van der Waals surface area (Å²) in [6.45, 7) is 0.324. The zero-order valence-electron chi connectivity index (χ0n) is 17.4. The maximum atomic E-state index is 14.1. The Morgan fingerprint density at radius 1 is 1.03 bits per heavy atom. The third-order valence-electron chi connectivity index (χ3n) is 5.03. The molecule has 4 aromatic rings. The quantitative estimate of drug-likeness (QED) is 0.232. The van der Waals surface area contributed by atoms with Crippen molar-refractivity contribution in [1.29, 1.82) is 5.26 Å². The summed E-state index contributed by atoms with van der Waals surface area (Å²) in [6, 6.07) is 27.4. The average molecular weight is 501 g/mol. The van der Waals surface area contributed by atoms with E-state index in [1.165, 1.54) is 18.2 Å². The summed E-state index contributed by atoms with van der Waals surface area (Å²) in [5, 5.41) is 14.2. The smallest absolute Gasteiger partial charge is 0.266 e. The number of hydrogen-bond donors (Lipinski definition) is 1. The van der Waals surface area contributed by atoms with Crippen LogP contribution in [0.4, 0.5) is 10.1 Å². The number of fused-ring (bicyclic) bond motifs is 1. The number of benzene rings is 4. The van der Waals surface area contributed by atoms with Gasteiger partial charge in [0.1, 0.15) is 29.8 Å². The van der Waals surface area contributed by atoms with Crippen molar-refractivity contribution in [2.45, 2.75) is 6.61 Å². The molecule has 4 nitrogen and oxygen atoms in total. The molecule has 33 heavy (non-hydrogen) atoms. The molecule has 0 aliphatic carbocycles. The summed E-state index contributed by atoms with van der Waals surface area (Å²) in [7, 11) is 0. The first-order valence-electron chi connectivity index (χ1n) is 10.1. The average Bonchev–Trinajstić information content (AvgIpc) is 2.83. The van der Waals surface area contributed by atoms with Crippen LogP contribution in [0.3, 0.4) is 0 Å². The summed E-state index contributed by atoms with van der Waals surface area (Å²) in [5.41, 5.74) is 1.42. The third kappa shape index (κ3) is 5.28. The highest BCUT2D eigenvalue weighted by molar-refractivity contribution is 9.10. The summed E-state index contributed by atoms with van der Waals surface area (Å²) in [5.74, 6) is -0.780. The maximum Gasteiger partial charge on any atom is 0.266 e. The number of ether oxygens (including phenoxy) is 1. The van der Waals surface area contributed by atoms with Crippen LogP contribution >= 0.6 is 15.9 Å². The van der Waals surface area contributed by atoms with Gasteiger partial charge in [0.15, 0.2) is 0 Å². The number of amides is 1. The Kier molecular flexibility index (Phi) is 6.82. The van der Waals surface area contributed by atoms with Crippen LogP contribution in [0.25, 0.3) is 16.8 Å². The van der Waals surface area contributed by atoms with Crippen molar-refractivity contribution in [2.75, 3.05) is 5.32 Å². The second-order valence-corrected chi connectivity index (χ2v) is 8.13. The zero-order chi connectivity index (χ0) is 23.2. The molecule has 4 rings (SSSR count). The zero-order valence-corrected chi connectivity index (χ0v) is 19.0. The summed E-state index contributed by atoms with van der Waals surface area (Å²) in [6.07, 6.45) is 1.44. The standard InChI is InChI=1S/C27H18BrFN2O2/c28-22-12-13-25(24(29)15-22)31-27(32)21(16-30)14-19-7-2-4-11-26(19)33-17-20-9-5-8-18-6-1-3-10-23(18)20/h1-15H,17H2,(H,31,32). The molecular weight excluding hydrogens is 483 g/mol. The van der Waals surface area contributed by atoms with Crippen LogP contribution < -0.4 is 10.1 Å². The minimum absolute atomic E-state index is 0.00941. The molecule has 0 atom stereocenters. The van der Waals surface area contributed by atoms with E-state index in [2.05, 4.69) is 21.2 Å². The van der Waals surface area contributed by atoms with Crippen molar-refractivity contribution in [3.05, 3.63) is 112 Å². The maximum absolute atomic E-state index is 14.1. The van der Waals surface area contributed by atoms with Gasteiger partial charge in [-0.05, 0) is 46.7 Å². The topological polar surface area (TPSA) is 62.1 Å². The van der Waals surface area contributed by atoms with Crippen LogP contribution in [-0.2, 0) is 11.4 Å². The van der Waals surface area contributed by atoms with E-state index in [1.54, 1.807) is 24.3 Å². The molecule has 1 N–H and O–H groups in total. The Morgan fingerprint density at radius 3 is 2.61 bits per heavy atom. The minimum atomic E-state index is -0.706. The SMILES string of the molecule is N#CC(=Cc1ccccc1OCc1cccc2ccccc12)C(=O)Nc1ccc(Br)cc1F. The number of para-hydroxylation sites is 1. The van der Waals surface area contributed by atoms with E-state index in [4.69, 9.17) is 4.74 Å². The third-order valence-corrected chi connectivity index (χ3v) is 5.52. The van der Waals surface area contributed by atoms with Crippen LogP contribution in [-0.4, -0.2) is 5.91 Å². The van der Waals surface area contributed by atoms with Crippen molar-refractivity contribution >= 4 is 44.4 Å². The first-order valence-corrected chi connectivity index (χ1v) is 10.9. The van der Waals surface area contributed by atoms with Crippen molar-refractivity contribution in [3.63, 3.8) is 0 Å². The number of anilines is 1. The van der Waals surface area contributed by atoms with Gasteiger partial charge in [-0.2, -0.15) is 5.26 Å². The summed E-state index contributed by atoms with van der Waals surface area (Å²) >= 11 is 3.17. The molecule has 4 aromatic carbocycles. The Labute approximate surface area is 199 Å². The number of rotatable bonds is 6. The molecular formula is C27H18BrFN2O2. The highest BCUT2D eigenvalue weighted by Gasteiger charge is 2.14. The molecule has 0 aromatic heterocycles. The number of nitrogens with one attached hydrogen (secondary N) is 1. The van der Waals surface area contributed by atoms with Gasteiger partial charge in [-0.3, -0.25) is 4.79 Å². The second-order valence-electron chi connectivity index (χ2n) is 7.21. The molecule has 162 valence electrons. The largest absolute Gasteiger partial charge is 0.488 e. The van der Waals surface area contributed by atoms with Crippen LogP contribution in [0.5, 0.6) is 5.75 Å². The van der Waals surface area contributed by atoms with Crippen molar-refractivity contribution in [2.24, 2.45) is 0 Å². The van der Waals surface area contributed by atoms with Crippen molar-refractivity contribution < 1.29 is 13.9 Å². The Bertz CT molecular complexity index is 1400.